The number of nitrogens with one attached hydrogen (secondary N) is 2. The van der Waals surface area contributed by atoms with E-state index in [0.29, 0.717) is 61.0 Å². The summed E-state index contributed by atoms with van der Waals surface area (Å²) in [6.07, 6.45) is 1.93. The second-order valence-corrected chi connectivity index (χ2v) is 9.48. The molecule has 2 aromatic rings. The van der Waals surface area contributed by atoms with Crippen LogP contribution < -0.4 is 14.8 Å². The maximum atomic E-state index is 13.2. The molecular weight excluding hydrogens is 462 g/mol. The van der Waals surface area contributed by atoms with E-state index >= 15 is 0 Å². The number of piperidine rings is 1. The predicted octanol–water partition coefficient (Wildman–Crippen LogP) is 3.70. The second kappa shape index (κ2) is 11.1. The van der Waals surface area contributed by atoms with E-state index in [2.05, 4.69) is 10.3 Å². The quantitative estimate of drug-likeness (QED) is 0.565. The van der Waals surface area contributed by atoms with Crippen molar-refractivity contribution in [1.29, 1.82) is 0 Å². The highest BCUT2D eigenvalue weighted by Gasteiger charge is 2.30. The number of ether oxygens (including phenoxy) is 3. The minimum absolute atomic E-state index is 0.00133. The van der Waals surface area contributed by atoms with Crippen LogP contribution in [0.3, 0.4) is 0 Å². The summed E-state index contributed by atoms with van der Waals surface area (Å²) in [7, 11) is 0. The zero-order valence-electron chi connectivity index (χ0n) is 21.4. The van der Waals surface area contributed by atoms with Crippen LogP contribution in [0.4, 0.5) is 0 Å². The van der Waals surface area contributed by atoms with Crippen molar-refractivity contribution in [2.75, 3.05) is 32.9 Å². The summed E-state index contributed by atoms with van der Waals surface area (Å²) in [6.45, 7) is 9.76. The van der Waals surface area contributed by atoms with Gasteiger partial charge >= 0.3 is 5.97 Å². The molecule has 2 aliphatic rings. The molecule has 0 radical (unpaired) electrons. The number of aromatic nitrogens is 1. The molecule has 9 heteroatoms. The minimum Gasteiger partial charge on any atom is -0.486 e. The summed E-state index contributed by atoms with van der Waals surface area (Å²) in [5.41, 5.74) is 3.10. The average molecular weight is 498 g/mol. The predicted molar refractivity (Wildman–Crippen MR) is 133 cm³/mol. The first-order valence-corrected chi connectivity index (χ1v) is 12.6. The number of nitrogens with zero attached hydrogens (tertiary/aromatic N) is 1. The van der Waals surface area contributed by atoms with Crippen LogP contribution in [0.5, 0.6) is 11.5 Å². The van der Waals surface area contributed by atoms with Gasteiger partial charge in [-0.2, -0.15) is 0 Å². The van der Waals surface area contributed by atoms with E-state index in [4.69, 9.17) is 14.2 Å². The lowest BCUT2D eigenvalue weighted by molar-refractivity contribution is -0.122. The van der Waals surface area contributed by atoms with Crippen molar-refractivity contribution in [2.24, 2.45) is 5.92 Å². The molecule has 0 unspecified atom stereocenters. The van der Waals surface area contributed by atoms with E-state index in [-0.39, 0.29) is 30.4 Å². The monoisotopic (exact) mass is 497 g/mol. The number of carbonyl (C=O) groups excluding carboxylic acids is 3. The van der Waals surface area contributed by atoms with Gasteiger partial charge in [0.25, 0.3) is 5.91 Å². The third-order valence-electron chi connectivity index (χ3n) is 6.95. The Hall–Kier alpha value is -3.49. The summed E-state index contributed by atoms with van der Waals surface area (Å²) >= 11 is 0. The van der Waals surface area contributed by atoms with Crippen molar-refractivity contribution in [3.05, 3.63) is 46.3 Å². The molecule has 1 aromatic heterocycles. The molecule has 36 heavy (non-hydrogen) atoms. The molecule has 0 aliphatic carbocycles. The van der Waals surface area contributed by atoms with E-state index in [1.807, 2.05) is 30.0 Å². The molecule has 2 amide bonds. The number of fused-ring (bicyclic) bond motifs is 1. The average Bonchev–Trinajstić information content (AvgIpc) is 3.17. The van der Waals surface area contributed by atoms with Crippen LogP contribution in [-0.4, -0.2) is 60.6 Å². The molecule has 0 bridgehead atoms. The third kappa shape index (κ3) is 5.50. The number of aryl methyl sites for hydroxylation is 1. The molecule has 0 saturated carbocycles. The van der Waals surface area contributed by atoms with Gasteiger partial charge in [-0.05, 0) is 69.7 Å². The fraction of sp³-hybridized carbons (Fsp3) is 0.519. The fourth-order valence-corrected chi connectivity index (χ4v) is 4.95. The van der Waals surface area contributed by atoms with Crippen LogP contribution in [0.25, 0.3) is 0 Å². The molecule has 4 rings (SSSR count). The molecular formula is C27H35N3O6. The maximum Gasteiger partial charge on any atom is 0.355 e. The number of carbonyl (C=O) groups is 3. The molecule has 1 saturated heterocycles. The lowest BCUT2D eigenvalue weighted by Gasteiger charge is -2.32. The number of aromatic amines is 1. The zero-order chi connectivity index (χ0) is 25.8. The van der Waals surface area contributed by atoms with Crippen LogP contribution >= 0.6 is 0 Å². The zero-order valence-corrected chi connectivity index (χ0v) is 21.4. The number of likely N-dealkylation sites (tertiary alicyclic amines) is 1. The van der Waals surface area contributed by atoms with Crippen LogP contribution in [0.1, 0.15) is 76.8 Å². The van der Waals surface area contributed by atoms with Gasteiger partial charge in [0.15, 0.2) is 11.5 Å². The summed E-state index contributed by atoms with van der Waals surface area (Å²) in [4.78, 5) is 43.0. The van der Waals surface area contributed by atoms with E-state index in [1.54, 1.807) is 20.8 Å². The van der Waals surface area contributed by atoms with E-state index in [9.17, 15) is 14.4 Å². The standard InChI is InChI=1S/C27H35N3O6/c1-5-34-27(33)25-16(2)24(18(4)29-25)26(32)30-10-8-19(9-11-30)14-23(31)28-17(3)20-6-7-21-22(15-20)36-13-12-35-21/h6-7,15,17,19,29H,5,8-14H2,1-4H3,(H,28,31)/t17-/m0/s1. The van der Waals surface area contributed by atoms with Crippen molar-refractivity contribution in [3.8, 4) is 11.5 Å². The van der Waals surface area contributed by atoms with Crippen molar-refractivity contribution in [2.45, 2.75) is 53.0 Å². The van der Waals surface area contributed by atoms with Gasteiger partial charge in [0, 0.05) is 25.2 Å². The Kier molecular flexibility index (Phi) is 7.86. The Morgan fingerprint density at radius 3 is 2.53 bits per heavy atom. The normalized spacial score (nSPS) is 16.4. The molecule has 1 aromatic carbocycles. The summed E-state index contributed by atoms with van der Waals surface area (Å²) < 4.78 is 16.3. The number of amides is 2. The van der Waals surface area contributed by atoms with Crippen molar-refractivity contribution >= 4 is 17.8 Å². The third-order valence-corrected chi connectivity index (χ3v) is 6.95. The Balaban J connectivity index is 1.29. The highest BCUT2D eigenvalue weighted by molar-refractivity contribution is 6.01. The summed E-state index contributed by atoms with van der Waals surface area (Å²) in [5.74, 6) is 1.11. The molecule has 3 heterocycles. The number of H-pyrrole nitrogens is 1. The first kappa shape index (κ1) is 25.6. The lowest BCUT2D eigenvalue weighted by Crippen LogP contribution is -2.40. The molecule has 1 atom stereocenters. The lowest BCUT2D eigenvalue weighted by atomic mass is 9.92. The topological polar surface area (TPSA) is 110 Å². The SMILES string of the molecule is CCOC(=O)c1[nH]c(C)c(C(=O)N2CCC(CC(=O)N[C@@H](C)c3ccc4c(c3)OCCO4)CC2)c1C. The minimum atomic E-state index is -0.452. The van der Waals surface area contributed by atoms with Gasteiger partial charge in [-0.1, -0.05) is 6.07 Å². The molecule has 9 nitrogen and oxygen atoms in total. The first-order chi connectivity index (χ1) is 17.3. The Morgan fingerprint density at radius 1 is 1.14 bits per heavy atom. The van der Waals surface area contributed by atoms with Crippen LogP contribution in [-0.2, 0) is 9.53 Å². The van der Waals surface area contributed by atoms with Gasteiger partial charge < -0.3 is 29.4 Å². The second-order valence-electron chi connectivity index (χ2n) is 9.48. The van der Waals surface area contributed by atoms with E-state index in [0.717, 1.165) is 24.2 Å². The van der Waals surface area contributed by atoms with Crippen molar-refractivity contribution in [3.63, 3.8) is 0 Å². The summed E-state index contributed by atoms with van der Waals surface area (Å²) in [5, 5.41) is 3.08. The largest absolute Gasteiger partial charge is 0.486 e. The van der Waals surface area contributed by atoms with Crippen molar-refractivity contribution < 1.29 is 28.6 Å². The highest BCUT2D eigenvalue weighted by atomic mass is 16.6. The van der Waals surface area contributed by atoms with Crippen LogP contribution in [0.15, 0.2) is 18.2 Å². The number of benzene rings is 1. The smallest absolute Gasteiger partial charge is 0.355 e. The van der Waals surface area contributed by atoms with Gasteiger partial charge in [0.2, 0.25) is 5.91 Å². The molecule has 194 valence electrons. The van der Waals surface area contributed by atoms with Crippen LogP contribution in [0.2, 0.25) is 0 Å². The van der Waals surface area contributed by atoms with Gasteiger partial charge in [0.1, 0.15) is 18.9 Å². The number of esters is 1. The Morgan fingerprint density at radius 2 is 1.83 bits per heavy atom. The van der Waals surface area contributed by atoms with Gasteiger partial charge in [-0.15, -0.1) is 0 Å². The highest BCUT2D eigenvalue weighted by Crippen LogP contribution is 2.33. The van der Waals surface area contributed by atoms with E-state index in [1.165, 1.54) is 0 Å². The first-order valence-electron chi connectivity index (χ1n) is 12.6. The number of rotatable bonds is 7. The van der Waals surface area contributed by atoms with Crippen LogP contribution in [0, 0.1) is 19.8 Å². The van der Waals surface area contributed by atoms with Gasteiger partial charge in [-0.25, -0.2) is 4.79 Å². The molecule has 0 spiro atoms. The Bertz CT molecular complexity index is 1130. The molecule has 2 N–H and O–H groups in total. The molecule has 2 aliphatic heterocycles. The van der Waals surface area contributed by atoms with Gasteiger partial charge in [-0.3, -0.25) is 9.59 Å². The fourth-order valence-electron chi connectivity index (χ4n) is 4.95. The van der Waals surface area contributed by atoms with Gasteiger partial charge in [0.05, 0.1) is 18.2 Å². The van der Waals surface area contributed by atoms with E-state index < -0.39 is 5.97 Å². The number of hydrogen-bond acceptors (Lipinski definition) is 6. The Labute approximate surface area is 211 Å². The maximum absolute atomic E-state index is 13.2. The number of hydrogen-bond donors (Lipinski definition) is 2. The molecule has 1 fully saturated rings. The summed E-state index contributed by atoms with van der Waals surface area (Å²) in [6, 6.07) is 5.59. The van der Waals surface area contributed by atoms with Crippen molar-refractivity contribution in [1.82, 2.24) is 15.2 Å².